The van der Waals surface area contributed by atoms with E-state index in [1.165, 1.54) is 0 Å². The lowest BCUT2D eigenvalue weighted by Gasteiger charge is -2.15. The Morgan fingerprint density at radius 2 is 1.77 bits per heavy atom. The number of oxazole rings is 1. The van der Waals surface area contributed by atoms with Gasteiger partial charge in [-0.2, -0.15) is 4.57 Å². The fourth-order valence-electron chi connectivity index (χ4n) is 3.53. The zero-order valence-corrected chi connectivity index (χ0v) is 19.7. The summed E-state index contributed by atoms with van der Waals surface area (Å²) in [5.74, 6) is 3.99. The molecule has 7 heteroatoms. The molecule has 0 aliphatic carbocycles. The summed E-state index contributed by atoms with van der Waals surface area (Å²) in [6.07, 6.45) is 5.84. The molecule has 6 nitrogen and oxygen atoms in total. The lowest BCUT2D eigenvalue weighted by Crippen LogP contribution is -3.00. The van der Waals surface area contributed by atoms with Crippen molar-refractivity contribution in [1.29, 1.82) is 0 Å². The van der Waals surface area contributed by atoms with E-state index in [0.717, 1.165) is 58.9 Å². The van der Waals surface area contributed by atoms with Gasteiger partial charge in [-0.05, 0) is 50.3 Å². The number of halogens is 1. The van der Waals surface area contributed by atoms with Crippen LogP contribution in [0.5, 0.6) is 17.2 Å². The van der Waals surface area contributed by atoms with Gasteiger partial charge in [-0.25, -0.2) is 0 Å². The molecule has 1 aliphatic rings. The smallest absolute Gasteiger partial charge is 0.374 e. The summed E-state index contributed by atoms with van der Waals surface area (Å²) in [4.78, 5) is 2.11. The average Bonchev–Trinajstić information content (AvgIpc) is 3.29. The number of fused-ring (bicyclic) bond motifs is 2. The normalized spacial score (nSPS) is 14.1. The number of allylic oxidation sites excluding steroid dienone is 2. The first-order valence-electron chi connectivity index (χ1n) is 9.70. The van der Waals surface area contributed by atoms with Crippen LogP contribution < -0.4 is 47.7 Å². The van der Waals surface area contributed by atoms with Gasteiger partial charge in [0.2, 0.25) is 11.5 Å². The van der Waals surface area contributed by atoms with Gasteiger partial charge in [-0.15, -0.1) is 0 Å². The molecular weight excluding hydrogens is 495 g/mol. The minimum absolute atomic E-state index is 0. The maximum atomic E-state index is 6.02. The van der Waals surface area contributed by atoms with Gasteiger partial charge in [0.1, 0.15) is 18.0 Å². The lowest BCUT2D eigenvalue weighted by atomic mass is 10.2. The van der Waals surface area contributed by atoms with Gasteiger partial charge in [0.05, 0.1) is 32.0 Å². The van der Waals surface area contributed by atoms with E-state index < -0.39 is 0 Å². The van der Waals surface area contributed by atoms with Gasteiger partial charge in [0, 0.05) is 12.6 Å². The maximum Gasteiger partial charge on any atom is 0.374 e. The van der Waals surface area contributed by atoms with Crippen molar-refractivity contribution in [3.63, 3.8) is 0 Å². The fraction of sp³-hybridized carbons (Fsp3) is 0.261. The minimum Gasteiger partial charge on any atom is -1.00 e. The second-order valence-corrected chi connectivity index (χ2v) is 6.56. The highest BCUT2D eigenvalue weighted by Crippen LogP contribution is 2.41. The van der Waals surface area contributed by atoms with Crippen molar-refractivity contribution in [3.05, 3.63) is 60.3 Å². The Labute approximate surface area is 193 Å². The van der Waals surface area contributed by atoms with E-state index in [9.17, 15) is 0 Å². The third-order valence-electron chi connectivity index (χ3n) is 4.98. The summed E-state index contributed by atoms with van der Waals surface area (Å²) in [6.45, 7) is 5.76. The van der Waals surface area contributed by atoms with Crippen molar-refractivity contribution >= 4 is 22.9 Å². The zero-order chi connectivity index (χ0) is 20.4. The van der Waals surface area contributed by atoms with Gasteiger partial charge < -0.3 is 47.5 Å². The average molecular weight is 520 g/mol. The fourth-order valence-corrected chi connectivity index (χ4v) is 3.53. The summed E-state index contributed by atoms with van der Waals surface area (Å²) >= 11 is 0. The van der Waals surface area contributed by atoms with Gasteiger partial charge in [0.15, 0.2) is 5.75 Å². The van der Waals surface area contributed by atoms with E-state index in [1.807, 2.05) is 54.6 Å². The number of benzene rings is 2. The zero-order valence-electron chi connectivity index (χ0n) is 17.5. The van der Waals surface area contributed by atoms with E-state index in [4.69, 9.17) is 18.6 Å². The van der Waals surface area contributed by atoms with Gasteiger partial charge in [-0.1, -0.05) is 0 Å². The molecule has 0 saturated carbocycles. The number of nitrogens with zero attached hydrogens (tertiary/aromatic N) is 2. The molecule has 3 aromatic rings. The Bertz CT molecular complexity index is 1100. The lowest BCUT2D eigenvalue weighted by molar-refractivity contribution is -0.674. The molecular formula is C23H25IN2O4. The first kappa shape index (κ1) is 22.0. The number of rotatable bonds is 6. The molecule has 2 heterocycles. The van der Waals surface area contributed by atoms with Crippen molar-refractivity contribution in [2.24, 2.45) is 0 Å². The Morgan fingerprint density at radius 1 is 1.03 bits per heavy atom. The molecule has 0 saturated heterocycles. The predicted molar refractivity (Wildman–Crippen MR) is 112 cm³/mol. The monoisotopic (exact) mass is 520 g/mol. The number of hydrogen-bond donors (Lipinski definition) is 0. The van der Waals surface area contributed by atoms with E-state index >= 15 is 0 Å². The second-order valence-electron chi connectivity index (χ2n) is 6.56. The van der Waals surface area contributed by atoms with Crippen LogP contribution >= 0.6 is 0 Å². The number of methoxy groups -OCH3 is 2. The van der Waals surface area contributed by atoms with Crippen LogP contribution in [-0.2, 0) is 6.54 Å². The Morgan fingerprint density at radius 3 is 2.47 bits per heavy atom. The van der Waals surface area contributed by atoms with E-state index in [-0.39, 0.29) is 24.0 Å². The molecule has 1 aliphatic heterocycles. The van der Waals surface area contributed by atoms with E-state index in [2.05, 4.69) is 23.3 Å². The van der Waals surface area contributed by atoms with Crippen LogP contribution in [0.1, 0.15) is 19.7 Å². The molecule has 4 rings (SSSR count). The van der Waals surface area contributed by atoms with Gasteiger partial charge in [0.25, 0.3) is 5.52 Å². The molecule has 0 fully saturated rings. The molecule has 0 spiro atoms. The van der Waals surface area contributed by atoms with Crippen LogP contribution in [0.2, 0.25) is 0 Å². The van der Waals surface area contributed by atoms with Crippen molar-refractivity contribution in [2.45, 2.75) is 20.4 Å². The maximum absolute atomic E-state index is 6.02. The summed E-state index contributed by atoms with van der Waals surface area (Å²) in [5.41, 5.74) is 2.84. The predicted octanol–water partition coefficient (Wildman–Crippen LogP) is 1.53. The van der Waals surface area contributed by atoms with Crippen molar-refractivity contribution in [1.82, 2.24) is 0 Å². The molecule has 0 bridgehead atoms. The molecule has 2 aromatic carbocycles. The van der Waals surface area contributed by atoms with Crippen LogP contribution in [0.4, 0.5) is 5.69 Å². The van der Waals surface area contributed by atoms with Crippen molar-refractivity contribution < 1.29 is 47.2 Å². The summed E-state index contributed by atoms with van der Waals surface area (Å²) in [5, 5.41) is 0. The Balaban J connectivity index is 0.00000256. The highest BCUT2D eigenvalue weighted by atomic mass is 127. The van der Waals surface area contributed by atoms with Crippen LogP contribution in [0.15, 0.2) is 58.9 Å². The first-order valence-corrected chi connectivity index (χ1v) is 9.70. The number of ether oxygens (including phenoxy) is 3. The molecule has 30 heavy (non-hydrogen) atoms. The van der Waals surface area contributed by atoms with Crippen LogP contribution in [0.25, 0.3) is 17.2 Å². The highest BCUT2D eigenvalue weighted by molar-refractivity contribution is 5.72. The summed E-state index contributed by atoms with van der Waals surface area (Å²) < 4.78 is 24.8. The topological polar surface area (TPSA) is 48.0 Å². The molecule has 0 N–H and O–H groups in total. The quantitative estimate of drug-likeness (QED) is 0.365. The number of aromatic nitrogens is 1. The summed E-state index contributed by atoms with van der Waals surface area (Å²) in [7, 11) is 3.33. The third-order valence-corrected chi connectivity index (χ3v) is 4.98. The van der Waals surface area contributed by atoms with Gasteiger partial charge >= 0.3 is 5.89 Å². The number of anilines is 1. The molecule has 0 radical (unpaired) electrons. The third kappa shape index (κ3) is 3.98. The standard InChI is InChI=1S/C23H25N2O4.HI/c1-5-24-18-14-16(26-3)10-12-20(18)28-22(24)8-7-9-23-25(6-2)19-15-17(27-4)11-13-21(19)29-23;/h7-15H,5-6H2,1-4H3;1H/q+1;/p-1. The molecule has 1 aromatic heterocycles. The molecule has 0 unspecified atom stereocenters. The number of hydrogen-bond acceptors (Lipinski definition) is 5. The largest absolute Gasteiger partial charge is 1.00 e. The van der Waals surface area contributed by atoms with Crippen molar-refractivity contribution in [2.75, 3.05) is 25.7 Å². The Kier molecular flexibility index (Phi) is 6.91. The highest BCUT2D eigenvalue weighted by Gasteiger charge is 2.25. The molecule has 0 amide bonds. The van der Waals surface area contributed by atoms with E-state index in [0.29, 0.717) is 0 Å². The SMILES string of the molecule is CCN1/C(=C/C=C/c2oc3ccc(OC)cc3[n+]2CC)Oc2ccc(OC)cc21.[I-]. The Hall–Kier alpha value is -2.68. The molecule has 0 atom stereocenters. The minimum atomic E-state index is 0. The summed E-state index contributed by atoms with van der Waals surface area (Å²) in [6, 6.07) is 11.6. The van der Waals surface area contributed by atoms with Crippen molar-refractivity contribution in [3.8, 4) is 17.2 Å². The number of aryl methyl sites for hydroxylation is 1. The van der Waals surface area contributed by atoms with Gasteiger partial charge in [-0.3, -0.25) is 0 Å². The molecule has 158 valence electrons. The van der Waals surface area contributed by atoms with Crippen LogP contribution in [0.3, 0.4) is 0 Å². The van der Waals surface area contributed by atoms with Crippen LogP contribution in [0, 0.1) is 0 Å². The van der Waals surface area contributed by atoms with E-state index in [1.54, 1.807) is 14.2 Å². The van der Waals surface area contributed by atoms with Crippen LogP contribution in [-0.4, -0.2) is 20.8 Å². The first-order chi connectivity index (χ1) is 14.2. The second kappa shape index (κ2) is 9.42.